The van der Waals surface area contributed by atoms with Crippen molar-refractivity contribution in [2.24, 2.45) is 0 Å². The van der Waals surface area contributed by atoms with Gasteiger partial charge in [-0.2, -0.15) is 0 Å². The number of anilines is 2. The zero-order valence-corrected chi connectivity index (χ0v) is 17.7. The van der Waals surface area contributed by atoms with Gasteiger partial charge in [-0.25, -0.2) is 0 Å². The van der Waals surface area contributed by atoms with Gasteiger partial charge >= 0.3 is 0 Å². The highest BCUT2D eigenvalue weighted by Gasteiger charge is 2.16. The SMILES string of the molecule is CC[C@H](C)c1ccccc1NC(=O)CN(CC)CC(=O)Nc1ccccc1OC. The smallest absolute Gasteiger partial charge is 0.238 e. The summed E-state index contributed by atoms with van der Waals surface area (Å²) >= 11 is 0. The van der Waals surface area contributed by atoms with Crippen molar-refractivity contribution in [3.63, 3.8) is 0 Å². The first kappa shape index (κ1) is 22.4. The summed E-state index contributed by atoms with van der Waals surface area (Å²) in [4.78, 5) is 26.8. The summed E-state index contributed by atoms with van der Waals surface area (Å²) in [5.41, 5.74) is 2.57. The van der Waals surface area contributed by atoms with Crippen LogP contribution in [0.3, 0.4) is 0 Å². The first-order valence-corrected chi connectivity index (χ1v) is 10.0. The van der Waals surface area contributed by atoms with E-state index in [1.807, 2.05) is 43.3 Å². The Kier molecular flexibility index (Phi) is 8.68. The molecule has 0 unspecified atom stereocenters. The van der Waals surface area contributed by atoms with Gasteiger partial charge in [-0.15, -0.1) is 0 Å². The van der Waals surface area contributed by atoms with Crippen LogP contribution in [-0.2, 0) is 9.59 Å². The van der Waals surface area contributed by atoms with E-state index in [1.165, 1.54) is 0 Å². The maximum Gasteiger partial charge on any atom is 0.238 e. The van der Waals surface area contributed by atoms with Gasteiger partial charge in [0.1, 0.15) is 5.75 Å². The molecule has 0 radical (unpaired) electrons. The second-order valence-electron chi connectivity index (χ2n) is 7.00. The second-order valence-corrected chi connectivity index (χ2v) is 7.00. The maximum atomic E-state index is 12.6. The molecule has 2 N–H and O–H groups in total. The molecule has 2 amide bonds. The summed E-state index contributed by atoms with van der Waals surface area (Å²) in [6, 6.07) is 15.1. The van der Waals surface area contributed by atoms with Crippen LogP contribution in [0.2, 0.25) is 0 Å². The highest BCUT2D eigenvalue weighted by Crippen LogP contribution is 2.26. The number of likely N-dealkylation sites (N-methyl/N-ethyl adjacent to an activating group) is 1. The van der Waals surface area contributed by atoms with E-state index in [9.17, 15) is 9.59 Å². The number of nitrogens with one attached hydrogen (secondary N) is 2. The zero-order chi connectivity index (χ0) is 21.2. The Balaban J connectivity index is 1.96. The lowest BCUT2D eigenvalue weighted by Gasteiger charge is -2.21. The van der Waals surface area contributed by atoms with Crippen LogP contribution in [0, 0.1) is 0 Å². The Morgan fingerprint density at radius 3 is 2.07 bits per heavy atom. The number of methoxy groups -OCH3 is 1. The first-order valence-electron chi connectivity index (χ1n) is 10.0. The number of para-hydroxylation sites is 3. The molecular formula is C23H31N3O3. The minimum atomic E-state index is -0.191. The topological polar surface area (TPSA) is 70.7 Å². The number of rotatable bonds is 10. The van der Waals surface area contributed by atoms with Crippen LogP contribution in [0.5, 0.6) is 5.75 Å². The molecule has 2 aromatic carbocycles. The summed E-state index contributed by atoms with van der Waals surface area (Å²) in [6.45, 7) is 7.05. The van der Waals surface area contributed by atoms with Gasteiger partial charge < -0.3 is 15.4 Å². The summed E-state index contributed by atoms with van der Waals surface area (Å²) in [5.74, 6) is 0.639. The van der Waals surface area contributed by atoms with E-state index in [4.69, 9.17) is 4.74 Å². The standard InChI is InChI=1S/C23H31N3O3/c1-5-17(3)18-11-7-8-12-19(18)24-22(27)15-26(6-2)16-23(28)25-20-13-9-10-14-21(20)29-4/h7-14,17H,5-6,15-16H2,1-4H3,(H,24,27)(H,25,28)/t17-/m0/s1. The van der Waals surface area contributed by atoms with E-state index in [1.54, 1.807) is 24.1 Å². The van der Waals surface area contributed by atoms with Crippen molar-refractivity contribution in [3.8, 4) is 5.75 Å². The molecule has 2 rings (SSSR count). The Morgan fingerprint density at radius 1 is 0.931 bits per heavy atom. The monoisotopic (exact) mass is 397 g/mol. The predicted octanol–water partition coefficient (Wildman–Crippen LogP) is 4.11. The molecule has 29 heavy (non-hydrogen) atoms. The minimum absolute atomic E-state index is 0.120. The third-order valence-corrected chi connectivity index (χ3v) is 4.94. The molecule has 156 valence electrons. The molecular weight excluding hydrogens is 366 g/mol. The summed E-state index contributed by atoms with van der Waals surface area (Å²) < 4.78 is 5.26. The van der Waals surface area contributed by atoms with Crippen molar-refractivity contribution in [1.29, 1.82) is 0 Å². The molecule has 0 saturated heterocycles. The van der Waals surface area contributed by atoms with Crippen LogP contribution in [0.1, 0.15) is 38.7 Å². The number of carbonyl (C=O) groups is 2. The van der Waals surface area contributed by atoms with Gasteiger partial charge in [0.2, 0.25) is 11.8 Å². The molecule has 0 fully saturated rings. The lowest BCUT2D eigenvalue weighted by Crippen LogP contribution is -2.38. The van der Waals surface area contributed by atoms with E-state index in [0.717, 1.165) is 17.7 Å². The van der Waals surface area contributed by atoms with Gasteiger partial charge in [-0.05, 0) is 42.6 Å². The Labute approximate surface area is 173 Å². The normalized spacial score (nSPS) is 11.8. The number of amides is 2. The number of ether oxygens (including phenoxy) is 1. The molecule has 0 aliphatic heterocycles. The van der Waals surface area contributed by atoms with E-state index in [0.29, 0.717) is 23.9 Å². The van der Waals surface area contributed by atoms with Crippen LogP contribution in [0.25, 0.3) is 0 Å². The lowest BCUT2D eigenvalue weighted by molar-refractivity contribution is -0.119. The van der Waals surface area contributed by atoms with Crippen LogP contribution in [0.15, 0.2) is 48.5 Å². The average molecular weight is 398 g/mol. The van der Waals surface area contributed by atoms with E-state index in [2.05, 4.69) is 24.5 Å². The van der Waals surface area contributed by atoms with Crippen molar-refractivity contribution >= 4 is 23.2 Å². The van der Waals surface area contributed by atoms with Crippen molar-refractivity contribution < 1.29 is 14.3 Å². The molecule has 0 heterocycles. The van der Waals surface area contributed by atoms with Crippen LogP contribution < -0.4 is 15.4 Å². The predicted molar refractivity (Wildman–Crippen MR) is 118 cm³/mol. The van der Waals surface area contributed by atoms with Gasteiger partial charge in [-0.3, -0.25) is 14.5 Å². The van der Waals surface area contributed by atoms with Gasteiger partial charge in [0.05, 0.1) is 25.9 Å². The highest BCUT2D eigenvalue weighted by atomic mass is 16.5. The Hall–Kier alpha value is -2.86. The highest BCUT2D eigenvalue weighted by molar-refractivity contribution is 5.95. The molecule has 1 atom stereocenters. The maximum absolute atomic E-state index is 12.6. The molecule has 6 nitrogen and oxygen atoms in total. The molecule has 0 aliphatic rings. The second kappa shape index (κ2) is 11.2. The minimum Gasteiger partial charge on any atom is -0.495 e. The van der Waals surface area contributed by atoms with Gasteiger partial charge in [0, 0.05) is 5.69 Å². The van der Waals surface area contributed by atoms with Crippen LogP contribution in [0.4, 0.5) is 11.4 Å². The third kappa shape index (κ3) is 6.61. The quantitative estimate of drug-likeness (QED) is 0.633. The molecule has 0 spiro atoms. The number of hydrogen-bond donors (Lipinski definition) is 2. The molecule has 0 bridgehead atoms. The lowest BCUT2D eigenvalue weighted by atomic mass is 9.97. The Morgan fingerprint density at radius 2 is 1.48 bits per heavy atom. The summed E-state index contributed by atoms with van der Waals surface area (Å²) in [6.07, 6.45) is 0.997. The molecule has 0 aromatic heterocycles. The third-order valence-electron chi connectivity index (χ3n) is 4.94. The van der Waals surface area contributed by atoms with Gasteiger partial charge in [0.25, 0.3) is 0 Å². The van der Waals surface area contributed by atoms with E-state index < -0.39 is 0 Å². The number of hydrogen-bond acceptors (Lipinski definition) is 4. The van der Waals surface area contributed by atoms with Crippen molar-refractivity contribution in [2.45, 2.75) is 33.1 Å². The fourth-order valence-electron chi connectivity index (χ4n) is 3.07. The first-order chi connectivity index (χ1) is 14.0. The number of carbonyl (C=O) groups excluding carboxylic acids is 2. The zero-order valence-electron chi connectivity index (χ0n) is 17.7. The van der Waals surface area contributed by atoms with Crippen LogP contribution >= 0.6 is 0 Å². The van der Waals surface area contributed by atoms with Crippen molar-refractivity contribution in [3.05, 3.63) is 54.1 Å². The summed E-state index contributed by atoms with van der Waals surface area (Å²) in [5, 5.41) is 5.84. The van der Waals surface area contributed by atoms with Crippen molar-refractivity contribution in [2.75, 3.05) is 37.4 Å². The number of benzene rings is 2. The van der Waals surface area contributed by atoms with E-state index >= 15 is 0 Å². The molecule has 2 aromatic rings. The van der Waals surface area contributed by atoms with Gasteiger partial charge in [0.15, 0.2) is 0 Å². The van der Waals surface area contributed by atoms with E-state index in [-0.39, 0.29) is 24.9 Å². The fraction of sp³-hybridized carbons (Fsp3) is 0.391. The molecule has 6 heteroatoms. The van der Waals surface area contributed by atoms with Crippen LogP contribution in [-0.4, -0.2) is 43.5 Å². The fourth-order valence-corrected chi connectivity index (χ4v) is 3.07. The molecule has 0 aliphatic carbocycles. The molecule has 0 saturated carbocycles. The summed E-state index contributed by atoms with van der Waals surface area (Å²) in [7, 11) is 1.56. The van der Waals surface area contributed by atoms with Crippen molar-refractivity contribution in [1.82, 2.24) is 4.90 Å². The Bertz CT molecular complexity index is 823. The average Bonchev–Trinajstić information content (AvgIpc) is 2.73. The van der Waals surface area contributed by atoms with Gasteiger partial charge in [-0.1, -0.05) is 51.1 Å². The largest absolute Gasteiger partial charge is 0.495 e. The number of nitrogens with zero attached hydrogens (tertiary/aromatic N) is 1.